The molecular weight excluding hydrogens is 368 g/mol. The summed E-state index contributed by atoms with van der Waals surface area (Å²) in [7, 11) is 3.63. The SMILES string of the molecule is COc1ccc([C@H]2C[C@H](NCc3ccnn3C)C[C@@H]2C(=O)N2CCOCC2)cc1. The van der Waals surface area contributed by atoms with Crippen molar-refractivity contribution in [3.8, 4) is 5.75 Å². The van der Waals surface area contributed by atoms with Crippen LogP contribution in [0.2, 0.25) is 0 Å². The number of hydrogen-bond acceptors (Lipinski definition) is 5. The second-order valence-electron chi connectivity index (χ2n) is 7.92. The molecular formula is C22H30N4O3. The predicted octanol–water partition coefficient (Wildman–Crippen LogP) is 1.94. The van der Waals surface area contributed by atoms with Crippen LogP contribution >= 0.6 is 0 Å². The summed E-state index contributed by atoms with van der Waals surface area (Å²) in [4.78, 5) is 15.3. The lowest BCUT2D eigenvalue weighted by atomic mass is 9.88. The first-order valence-corrected chi connectivity index (χ1v) is 10.4. The van der Waals surface area contributed by atoms with Crippen molar-refractivity contribution in [2.45, 2.75) is 31.3 Å². The maximum absolute atomic E-state index is 13.3. The number of amides is 1. The number of benzene rings is 1. The molecule has 1 saturated heterocycles. The third-order valence-corrected chi connectivity index (χ3v) is 6.24. The molecule has 4 rings (SSSR count). The van der Waals surface area contributed by atoms with E-state index in [1.165, 1.54) is 5.56 Å². The van der Waals surface area contributed by atoms with Crippen LogP contribution in [0.25, 0.3) is 0 Å². The molecule has 2 heterocycles. The standard InChI is InChI=1S/C22H30N4O3/c1-25-18(7-8-24-25)15-23-17-13-20(16-3-5-19(28-2)6-4-16)21(14-17)22(27)26-9-11-29-12-10-26/h3-8,17,20-21,23H,9-15H2,1-2H3/t17-,20+,21-/m0/s1. The molecule has 1 aliphatic carbocycles. The number of nitrogens with zero attached hydrogens (tertiary/aromatic N) is 3. The van der Waals surface area contributed by atoms with Crippen LogP contribution in [-0.4, -0.2) is 60.0 Å². The largest absolute Gasteiger partial charge is 0.497 e. The van der Waals surface area contributed by atoms with Gasteiger partial charge in [0, 0.05) is 44.8 Å². The number of aromatic nitrogens is 2. The molecule has 3 atom stereocenters. The Labute approximate surface area is 172 Å². The van der Waals surface area contributed by atoms with Crippen LogP contribution in [0.3, 0.4) is 0 Å². The van der Waals surface area contributed by atoms with E-state index in [1.807, 2.05) is 41.0 Å². The molecule has 1 amide bonds. The van der Waals surface area contributed by atoms with Gasteiger partial charge in [0.2, 0.25) is 5.91 Å². The highest BCUT2D eigenvalue weighted by atomic mass is 16.5. The minimum absolute atomic E-state index is 0.00877. The third-order valence-electron chi connectivity index (χ3n) is 6.24. The molecule has 1 aromatic heterocycles. The fraction of sp³-hybridized carbons (Fsp3) is 0.545. The van der Waals surface area contributed by atoms with Crippen molar-refractivity contribution in [3.63, 3.8) is 0 Å². The van der Waals surface area contributed by atoms with Crippen molar-refractivity contribution in [2.75, 3.05) is 33.4 Å². The Morgan fingerprint density at radius 2 is 1.97 bits per heavy atom. The topological polar surface area (TPSA) is 68.6 Å². The second kappa shape index (κ2) is 8.97. The molecule has 7 nitrogen and oxygen atoms in total. The maximum atomic E-state index is 13.3. The number of aryl methyl sites for hydroxylation is 1. The molecule has 0 unspecified atom stereocenters. The van der Waals surface area contributed by atoms with Crippen LogP contribution < -0.4 is 10.1 Å². The Bertz CT molecular complexity index is 814. The molecule has 7 heteroatoms. The normalized spacial score (nSPS) is 24.6. The summed E-state index contributed by atoms with van der Waals surface area (Å²) >= 11 is 0. The number of nitrogens with one attached hydrogen (secondary N) is 1. The molecule has 29 heavy (non-hydrogen) atoms. The molecule has 0 spiro atoms. The molecule has 2 fully saturated rings. The van der Waals surface area contributed by atoms with Gasteiger partial charge in [-0.3, -0.25) is 9.48 Å². The van der Waals surface area contributed by atoms with Gasteiger partial charge in [-0.1, -0.05) is 12.1 Å². The van der Waals surface area contributed by atoms with E-state index in [1.54, 1.807) is 7.11 Å². The van der Waals surface area contributed by atoms with Gasteiger partial charge >= 0.3 is 0 Å². The second-order valence-corrected chi connectivity index (χ2v) is 7.92. The summed E-state index contributed by atoms with van der Waals surface area (Å²) in [6.07, 6.45) is 3.62. The number of morpholine rings is 1. The maximum Gasteiger partial charge on any atom is 0.226 e. The average molecular weight is 399 g/mol. The van der Waals surface area contributed by atoms with Crippen molar-refractivity contribution in [1.29, 1.82) is 0 Å². The summed E-state index contributed by atoms with van der Waals surface area (Å²) in [5.41, 5.74) is 2.36. The Morgan fingerprint density at radius 1 is 1.21 bits per heavy atom. The van der Waals surface area contributed by atoms with Gasteiger partial charge in [0.25, 0.3) is 0 Å². The average Bonchev–Trinajstić information content (AvgIpc) is 3.38. The molecule has 0 bridgehead atoms. The Balaban J connectivity index is 1.50. The van der Waals surface area contributed by atoms with Gasteiger partial charge < -0.3 is 19.7 Å². The van der Waals surface area contributed by atoms with Gasteiger partial charge in [0.15, 0.2) is 0 Å². The third kappa shape index (κ3) is 4.46. The van der Waals surface area contributed by atoms with Crippen LogP contribution in [0.1, 0.15) is 30.0 Å². The highest BCUT2D eigenvalue weighted by Gasteiger charge is 2.41. The fourth-order valence-corrected chi connectivity index (χ4v) is 4.54. The van der Waals surface area contributed by atoms with E-state index in [2.05, 4.69) is 22.5 Å². The van der Waals surface area contributed by atoms with Gasteiger partial charge in [-0.05, 0) is 42.5 Å². The zero-order valence-electron chi connectivity index (χ0n) is 17.2. The van der Waals surface area contributed by atoms with Crippen LogP contribution in [0, 0.1) is 5.92 Å². The fourth-order valence-electron chi connectivity index (χ4n) is 4.54. The zero-order valence-corrected chi connectivity index (χ0v) is 17.2. The molecule has 1 aromatic carbocycles. The quantitative estimate of drug-likeness (QED) is 0.805. The summed E-state index contributed by atoms with van der Waals surface area (Å²) in [6.45, 7) is 3.41. The number of carbonyl (C=O) groups is 1. The number of hydrogen-bond donors (Lipinski definition) is 1. The molecule has 2 aromatic rings. The van der Waals surface area contributed by atoms with Crippen molar-refractivity contribution < 1.29 is 14.3 Å². The van der Waals surface area contributed by atoms with E-state index in [0.29, 0.717) is 32.3 Å². The van der Waals surface area contributed by atoms with Gasteiger partial charge in [0.05, 0.1) is 26.0 Å². The van der Waals surface area contributed by atoms with Crippen LogP contribution in [-0.2, 0) is 23.1 Å². The van der Waals surface area contributed by atoms with Crippen molar-refractivity contribution in [2.24, 2.45) is 13.0 Å². The summed E-state index contributed by atoms with van der Waals surface area (Å²) in [5.74, 6) is 1.30. The molecule has 1 aliphatic heterocycles. The summed E-state index contributed by atoms with van der Waals surface area (Å²) in [5, 5.41) is 7.89. The van der Waals surface area contributed by atoms with Gasteiger partial charge in [-0.2, -0.15) is 5.10 Å². The number of rotatable bonds is 6. The van der Waals surface area contributed by atoms with Crippen LogP contribution in [0.5, 0.6) is 5.75 Å². The summed E-state index contributed by atoms with van der Waals surface area (Å²) < 4.78 is 12.6. The van der Waals surface area contributed by atoms with Crippen molar-refractivity contribution in [1.82, 2.24) is 20.0 Å². The van der Waals surface area contributed by atoms with E-state index in [9.17, 15) is 4.79 Å². The van der Waals surface area contributed by atoms with E-state index in [0.717, 1.165) is 30.8 Å². The smallest absolute Gasteiger partial charge is 0.226 e. The highest BCUT2D eigenvalue weighted by Crippen LogP contribution is 2.41. The molecule has 1 saturated carbocycles. The Kier molecular flexibility index (Phi) is 6.16. The minimum Gasteiger partial charge on any atom is -0.497 e. The van der Waals surface area contributed by atoms with Gasteiger partial charge in [0.1, 0.15) is 5.75 Å². The van der Waals surface area contributed by atoms with Gasteiger partial charge in [-0.25, -0.2) is 0 Å². The van der Waals surface area contributed by atoms with E-state index in [-0.39, 0.29) is 17.7 Å². The first-order chi connectivity index (χ1) is 14.2. The number of ether oxygens (including phenoxy) is 2. The lowest BCUT2D eigenvalue weighted by Gasteiger charge is -2.31. The van der Waals surface area contributed by atoms with Crippen LogP contribution in [0.4, 0.5) is 0 Å². The number of methoxy groups -OCH3 is 1. The Hall–Kier alpha value is -2.38. The zero-order chi connectivity index (χ0) is 20.2. The van der Waals surface area contributed by atoms with E-state index in [4.69, 9.17) is 9.47 Å². The summed E-state index contributed by atoms with van der Waals surface area (Å²) in [6, 6.07) is 10.5. The molecule has 156 valence electrons. The monoisotopic (exact) mass is 398 g/mol. The first kappa shape index (κ1) is 19.9. The lowest BCUT2D eigenvalue weighted by Crippen LogP contribution is -2.44. The van der Waals surface area contributed by atoms with E-state index >= 15 is 0 Å². The first-order valence-electron chi connectivity index (χ1n) is 10.4. The van der Waals surface area contributed by atoms with Crippen LogP contribution in [0.15, 0.2) is 36.5 Å². The van der Waals surface area contributed by atoms with Crippen molar-refractivity contribution >= 4 is 5.91 Å². The van der Waals surface area contributed by atoms with Crippen molar-refractivity contribution in [3.05, 3.63) is 47.8 Å². The minimum atomic E-state index is -0.00877. The highest BCUT2D eigenvalue weighted by molar-refractivity contribution is 5.80. The lowest BCUT2D eigenvalue weighted by molar-refractivity contribution is -0.140. The molecule has 2 aliphatic rings. The predicted molar refractivity (Wildman–Crippen MR) is 110 cm³/mol. The number of carbonyl (C=O) groups excluding carboxylic acids is 1. The molecule has 1 N–H and O–H groups in total. The van der Waals surface area contributed by atoms with E-state index < -0.39 is 0 Å². The Morgan fingerprint density at radius 3 is 2.62 bits per heavy atom. The van der Waals surface area contributed by atoms with Gasteiger partial charge in [-0.15, -0.1) is 0 Å². The molecule has 0 radical (unpaired) electrons.